The summed E-state index contributed by atoms with van der Waals surface area (Å²) >= 11 is 3.37. The summed E-state index contributed by atoms with van der Waals surface area (Å²) in [6.45, 7) is 4.69. The lowest BCUT2D eigenvalue weighted by molar-refractivity contribution is -0.142. The van der Waals surface area contributed by atoms with Gasteiger partial charge >= 0.3 is 5.97 Å². The van der Waals surface area contributed by atoms with Gasteiger partial charge in [-0.15, -0.1) is 0 Å². The van der Waals surface area contributed by atoms with Crippen LogP contribution >= 0.6 is 15.9 Å². The molecule has 0 aliphatic rings. The van der Waals surface area contributed by atoms with E-state index in [9.17, 15) is 4.79 Å². The van der Waals surface area contributed by atoms with Crippen LogP contribution in [0.2, 0.25) is 0 Å². The average Bonchev–Trinajstić information content (AvgIpc) is 2.22. The van der Waals surface area contributed by atoms with Crippen LogP contribution in [0, 0.1) is 0 Å². The van der Waals surface area contributed by atoms with Crippen molar-refractivity contribution in [3.8, 4) is 5.75 Å². The van der Waals surface area contributed by atoms with Crippen LogP contribution in [-0.2, 0) is 16.0 Å². The number of rotatable bonds is 5. The monoisotopic (exact) mass is 286 g/mol. The van der Waals surface area contributed by atoms with Crippen molar-refractivity contribution in [3.05, 3.63) is 28.2 Å². The van der Waals surface area contributed by atoms with Crippen LogP contribution in [0.3, 0.4) is 0 Å². The van der Waals surface area contributed by atoms with Gasteiger partial charge in [0, 0.05) is 10.0 Å². The molecule has 0 saturated heterocycles. The van der Waals surface area contributed by atoms with Gasteiger partial charge < -0.3 is 9.47 Å². The lowest BCUT2D eigenvalue weighted by Gasteiger charge is -2.10. The number of hydrogen-bond acceptors (Lipinski definition) is 3. The van der Waals surface area contributed by atoms with E-state index in [1.165, 1.54) is 0 Å². The third-order valence-electron chi connectivity index (χ3n) is 1.96. The maximum absolute atomic E-state index is 11.4. The topological polar surface area (TPSA) is 35.5 Å². The van der Waals surface area contributed by atoms with E-state index in [-0.39, 0.29) is 12.4 Å². The predicted molar refractivity (Wildman–Crippen MR) is 65.6 cm³/mol. The largest absolute Gasteiger partial charge is 0.494 e. The number of ether oxygens (including phenoxy) is 2. The molecule has 0 atom stereocenters. The Hall–Kier alpha value is -1.03. The van der Waals surface area contributed by atoms with Gasteiger partial charge in [0.15, 0.2) is 0 Å². The highest BCUT2D eigenvalue weighted by Crippen LogP contribution is 2.24. The summed E-state index contributed by atoms with van der Waals surface area (Å²) in [6.07, 6.45) is 0.239. The summed E-state index contributed by atoms with van der Waals surface area (Å²) in [5, 5.41) is 0. The number of carbonyl (C=O) groups is 1. The van der Waals surface area contributed by atoms with Gasteiger partial charge in [0.2, 0.25) is 0 Å². The molecule has 0 unspecified atom stereocenters. The molecule has 0 saturated carbocycles. The van der Waals surface area contributed by atoms with Gasteiger partial charge in [-0.2, -0.15) is 0 Å². The van der Waals surface area contributed by atoms with E-state index in [1.54, 1.807) is 6.92 Å². The lowest BCUT2D eigenvalue weighted by Crippen LogP contribution is -2.09. The Balaban J connectivity index is 2.82. The van der Waals surface area contributed by atoms with Gasteiger partial charge in [-0.25, -0.2) is 0 Å². The number of carbonyl (C=O) groups excluding carboxylic acids is 1. The van der Waals surface area contributed by atoms with Crippen molar-refractivity contribution in [2.75, 3.05) is 13.2 Å². The van der Waals surface area contributed by atoms with Gasteiger partial charge in [0.05, 0.1) is 19.6 Å². The van der Waals surface area contributed by atoms with E-state index in [0.29, 0.717) is 13.2 Å². The summed E-state index contributed by atoms with van der Waals surface area (Å²) in [5.74, 6) is 0.500. The number of hydrogen-bond donors (Lipinski definition) is 0. The minimum Gasteiger partial charge on any atom is -0.494 e. The molecule has 1 aromatic rings. The summed E-state index contributed by atoms with van der Waals surface area (Å²) in [5.41, 5.74) is 0.842. The maximum Gasteiger partial charge on any atom is 0.310 e. The fourth-order valence-electron chi connectivity index (χ4n) is 1.35. The molecule has 0 N–H and O–H groups in total. The molecule has 0 spiro atoms. The van der Waals surface area contributed by atoms with Crippen molar-refractivity contribution in [1.29, 1.82) is 0 Å². The van der Waals surface area contributed by atoms with Crippen molar-refractivity contribution in [2.45, 2.75) is 20.3 Å². The zero-order valence-corrected chi connectivity index (χ0v) is 11.0. The Bertz CT molecular complexity index is 363. The lowest BCUT2D eigenvalue weighted by atomic mass is 10.1. The van der Waals surface area contributed by atoms with E-state index in [1.807, 2.05) is 25.1 Å². The van der Waals surface area contributed by atoms with Crippen LogP contribution in [0.5, 0.6) is 5.75 Å². The normalized spacial score (nSPS) is 9.94. The van der Waals surface area contributed by atoms with Gasteiger partial charge in [0.25, 0.3) is 0 Å². The number of benzene rings is 1. The molecule has 0 aliphatic carbocycles. The van der Waals surface area contributed by atoms with Gasteiger partial charge in [0.1, 0.15) is 5.75 Å². The molecule has 0 heterocycles. The Morgan fingerprint density at radius 2 is 2.06 bits per heavy atom. The van der Waals surface area contributed by atoms with Gasteiger partial charge in [-0.05, 0) is 32.0 Å². The van der Waals surface area contributed by atoms with Crippen molar-refractivity contribution in [3.63, 3.8) is 0 Å². The summed E-state index contributed by atoms with van der Waals surface area (Å²) in [7, 11) is 0. The molecule has 0 aliphatic heterocycles. The molecule has 1 rings (SSSR count). The third kappa shape index (κ3) is 3.85. The molecule has 1 aromatic carbocycles. The Morgan fingerprint density at radius 3 is 2.69 bits per heavy atom. The number of halogens is 1. The molecule has 3 nitrogen and oxygen atoms in total. The van der Waals surface area contributed by atoms with Crippen LogP contribution in [0.4, 0.5) is 0 Å². The van der Waals surface area contributed by atoms with Crippen molar-refractivity contribution in [1.82, 2.24) is 0 Å². The second-order valence-electron chi connectivity index (χ2n) is 3.17. The van der Waals surface area contributed by atoms with E-state index in [2.05, 4.69) is 15.9 Å². The van der Waals surface area contributed by atoms with E-state index < -0.39 is 0 Å². The van der Waals surface area contributed by atoms with Crippen molar-refractivity contribution < 1.29 is 14.3 Å². The molecule has 0 amide bonds. The minimum atomic E-state index is -0.235. The highest BCUT2D eigenvalue weighted by Gasteiger charge is 2.10. The standard InChI is InChI=1S/C12H15BrO3/c1-3-15-11-6-5-10(13)7-9(11)8-12(14)16-4-2/h5-7H,3-4,8H2,1-2H3. The van der Waals surface area contributed by atoms with Crippen molar-refractivity contribution in [2.24, 2.45) is 0 Å². The van der Waals surface area contributed by atoms with E-state index in [0.717, 1.165) is 15.8 Å². The molecular formula is C12H15BrO3. The Labute approximate surface area is 104 Å². The van der Waals surface area contributed by atoms with Gasteiger partial charge in [-0.1, -0.05) is 15.9 Å². The average molecular weight is 287 g/mol. The van der Waals surface area contributed by atoms with Crippen LogP contribution in [0.15, 0.2) is 22.7 Å². The molecule has 88 valence electrons. The SMILES string of the molecule is CCOC(=O)Cc1cc(Br)ccc1OCC. The molecule has 0 aromatic heterocycles. The maximum atomic E-state index is 11.4. The molecule has 0 bridgehead atoms. The smallest absolute Gasteiger partial charge is 0.310 e. The second kappa shape index (κ2) is 6.53. The molecule has 0 radical (unpaired) electrons. The predicted octanol–water partition coefficient (Wildman–Crippen LogP) is 2.95. The third-order valence-corrected chi connectivity index (χ3v) is 2.46. The summed E-state index contributed by atoms with van der Waals surface area (Å²) in [4.78, 5) is 11.4. The molecule has 0 fully saturated rings. The Kier molecular flexibility index (Phi) is 5.32. The first-order chi connectivity index (χ1) is 7.67. The summed E-state index contributed by atoms with van der Waals surface area (Å²) in [6, 6.07) is 5.61. The van der Waals surface area contributed by atoms with E-state index >= 15 is 0 Å². The van der Waals surface area contributed by atoms with Crippen molar-refractivity contribution >= 4 is 21.9 Å². The minimum absolute atomic E-state index is 0.235. The Morgan fingerprint density at radius 1 is 1.31 bits per heavy atom. The first-order valence-corrected chi connectivity index (χ1v) is 6.03. The van der Waals surface area contributed by atoms with Gasteiger partial charge in [-0.3, -0.25) is 4.79 Å². The van der Waals surface area contributed by atoms with E-state index in [4.69, 9.17) is 9.47 Å². The zero-order chi connectivity index (χ0) is 12.0. The molecular weight excluding hydrogens is 272 g/mol. The quantitative estimate of drug-likeness (QED) is 0.781. The van der Waals surface area contributed by atoms with Crippen LogP contribution in [-0.4, -0.2) is 19.2 Å². The highest BCUT2D eigenvalue weighted by molar-refractivity contribution is 9.10. The summed E-state index contributed by atoms with van der Waals surface area (Å²) < 4.78 is 11.3. The molecule has 4 heteroatoms. The fourth-order valence-corrected chi connectivity index (χ4v) is 1.76. The van der Waals surface area contributed by atoms with Crippen LogP contribution < -0.4 is 4.74 Å². The van der Waals surface area contributed by atoms with Crippen LogP contribution in [0.25, 0.3) is 0 Å². The highest BCUT2D eigenvalue weighted by atomic mass is 79.9. The number of esters is 1. The van der Waals surface area contributed by atoms with Crippen LogP contribution in [0.1, 0.15) is 19.4 Å². The molecule has 16 heavy (non-hydrogen) atoms. The second-order valence-corrected chi connectivity index (χ2v) is 4.08. The zero-order valence-electron chi connectivity index (χ0n) is 9.46. The first kappa shape index (κ1) is 13.0. The first-order valence-electron chi connectivity index (χ1n) is 5.24. The fraction of sp³-hybridized carbons (Fsp3) is 0.417.